The summed E-state index contributed by atoms with van der Waals surface area (Å²) < 4.78 is 88.8. The molecule has 1 aliphatic rings. The third-order valence-corrected chi connectivity index (χ3v) is 5.71. The Hall–Kier alpha value is -2.40. The molecule has 0 aliphatic carbocycles. The van der Waals surface area contributed by atoms with Crippen LogP contribution >= 0.6 is 0 Å². The Morgan fingerprint density at radius 3 is 2.45 bits per heavy atom. The maximum Gasteiger partial charge on any atom is 0.417 e. The van der Waals surface area contributed by atoms with Crippen molar-refractivity contribution in [2.24, 2.45) is 11.1 Å². The molecular weight excluding hydrogens is 417 g/mol. The highest BCUT2D eigenvalue weighted by atomic mass is 32.2. The van der Waals surface area contributed by atoms with Gasteiger partial charge >= 0.3 is 6.18 Å². The van der Waals surface area contributed by atoms with Gasteiger partial charge in [-0.1, -0.05) is 0 Å². The first-order valence-electron chi connectivity index (χ1n) is 8.63. The average molecular weight is 435 g/mol. The van der Waals surface area contributed by atoms with Gasteiger partial charge in [0.15, 0.2) is 11.6 Å². The Bertz CT molecular complexity index is 1010. The molecule has 2 aromatic carbocycles. The lowest BCUT2D eigenvalue weighted by atomic mass is 10.1. The molecule has 3 N–H and O–H groups in total. The van der Waals surface area contributed by atoms with E-state index in [0.29, 0.717) is 37.8 Å². The SMILES string of the molecule is NS(=O)(=O)c1ccc(NCC2CCN(c3ccc(F)c(F)c3)C2)cc1C(F)(F)F. The van der Waals surface area contributed by atoms with E-state index < -0.39 is 38.3 Å². The van der Waals surface area contributed by atoms with Crippen molar-refractivity contribution in [2.45, 2.75) is 17.5 Å². The van der Waals surface area contributed by atoms with Crippen LogP contribution in [0.15, 0.2) is 41.3 Å². The van der Waals surface area contributed by atoms with Gasteiger partial charge in [-0.05, 0) is 42.7 Å². The van der Waals surface area contributed by atoms with Crippen LogP contribution in [0.1, 0.15) is 12.0 Å². The van der Waals surface area contributed by atoms with Gasteiger partial charge in [0.25, 0.3) is 0 Å². The molecule has 0 radical (unpaired) electrons. The zero-order chi connectivity index (χ0) is 21.4. The van der Waals surface area contributed by atoms with E-state index in [4.69, 9.17) is 5.14 Å². The third kappa shape index (κ3) is 4.96. The number of benzene rings is 2. The number of alkyl halides is 3. The molecule has 0 spiro atoms. The van der Waals surface area contributed by atoms with E-state index in [9.17, 15) is 30.4 Å². The Kier molecular flexibility index (Phi) is 5.72. The van der Waals surface area contributed by atoms with E-state index >= 15 is 0 Å². The van der Waals surface area contributed by atoms with E-state index in [1.165, 1.54) is 12.1 Å². The Labute approximate surface area is 164 Å². The molecule has 2 aromatic rings. The number of anilines is 2. The fourth-order valence-electron chi connectivity index (χ4n) is 3.29. The number of hydrogen-bond donors (Lipinski definition) is 2. The summed E-state index contributed by atoms with van der Waals surface area (Å²) in [6, 6.07) is 6.37. The Morgan fingerprint density at radius 2 is 1.83 bits per heavy atom. The van der Waals surface area contributed by atoms with Gasteiger partial charge < -0.3 is 10.2 Å². The van der Waals surface area contributed by atoms with Gasteiger partial charge in [0, 0.05) is 37.1 Å². The molecular formula is C18H18F5N3O2S. The predicted octanol–water partition coefficient (Wildman–Crippen LogP) is 3.57. The van der Waals surface area contributed by atoms with E-state index in [2.05, 4.69) is 5.32 Å². The molecule has 1 aliphatic heterocycles. The molecule has 1 fully saturated rings. The summed E-state index contributed by atoms with van der Waals surface area (Å²) >= 11 is 0. The first-order chi connectivity index (χ1) is 13.4. The molecule has 29 heavy (non-hydrogen) atoms. The van der Waals surface area contributed by atoms with Crippen molar-refractivity contribution in [3.63, 3.8) is 0 Å². The monoisotopic (exact) mass is 435 g/mol. The molecule has 1 unspecified atom stereocenters. The second-order valence-electron chi connectivity index (χ2n) is 6.83. The molecule has 3 rings (SSSR count). The fraction of sp³-hybridized carbons (Fsp3) is 0.333. The number of nitrogens with two attached hydrogens (primary N) is 1. The number of halogens is 5. The number of rotatable bonds is 5. The maximum atomic E-state index is 13.4. The molecule has 0 aromatic heterocycles. The minimum atomic E-state index is -4.88. The topological polar surface area (TPSA) is 75.4 Å². The van der Waals surface area contributed by atoms with Gasteiger partial charge in [-0.2, -0.15) is 13.2 Å². The first kappa shape index (κ1) is 21.3. The van der Waals surface area contributed by atoms with Crippen LogP contribution < -0.4 is 15.4 Å². The van der Waals surface area contributed by atoms with E-state index in [1.807, 2.05) is 4.90 Å². The van der Waals surface area contributed by atoms with Gasteiger partial charge in [0.1, 0.15) is 0 Å². The van der Waals surface area contributed by atoms with Gasteiger partial charge in [-0.25, -0.2) is 22.3 Å². The summed E-state index contributed by atoms with van der Waals surface area (Å²) in [5.74, 6) is -1.83. The van der Waals surface area contributed by atoms with Crippen LogP contribution in [-0.4, -0.2) is 28.1 Å². The molecule has 0 amide bonds. The minimum Gasteiger partial charge on any atom is -0.385 e. The van der Waals surface area contributed by atoms with Crippen LogP contribution in [0.3, 0.4) is 0 Å². The van der Waals surface area contributed by atoms with Crippen LogP contribution in [0.2, 0.25) is 0 Å². The largest absolute Gasteiger partial charge is 0.417 e. The highest BCUT2D eigenvalue weighted by molar-refractivity contribution is 7.89. The number of hydrogen-bond acceptors (Lipinski definition) is 4. The van der Waals surface area contributed by atoms with Crippen molar-refractivity contribution in [1.82, 2.24) is 0 Å². The van der Waals surface area contributed by atoms with Crippen LogP contribution in [0, 0.1) is 17.6 Å². The number of nitrogens with one attached hydrogen (secondary N) is 1. The third-order valence-electron chi connectivity index (χ3n) is 4.74. The maximum absolute atomic E-state index is 13.4. The second-order valence-corrected chi connectivity index (χ2v) is 8.36. The summed E-state index contributed by atoms with van der Waals surface area (Å²) in [6.45, 7) is 1.43. The summed E-state index contributed by atoms with van der Waals surface area (Å²) in [6.07, 6.45) is -4.18. The van der Waals surface area contributed by atoms with Crippen molar-refractivity contribution in [3.8, 4) is 0 Å². The molecule has 1 atom stereocenters. The zero-order valence-corrected chi connectivity index (χ0v) is 15.8. The lowest BCUT2D eigenvalue weighted by molar-refractivity contribution is -0.139. The number of nitrogens with zero attached hydrogens (tertiary/aromatic N) is 1. The molecule has 5 nitrogen and oxygen atoms in total. The molecule has 1 saturated heterocycles. The van der Waals surface area contributed by atoms with Crippen molar-refractivity contribution >= 4 is 21.4 Å². The molecule has 0 saturated carbocycles. The highest BCUT2D eigenvalue weighted by Gasteiger charge is 2.36. The average Bonchev–Trinajstić information content (AvgIpc) is 3.09. The minimum absolute atomic E-state index is 0.0513. The van der Waals surface area contributed by atoms with E-state index in [-0.39, 0.29) is 11.6 Å². The molecule has 11 heteroatoms. The fourth-order valence-corrected chi connectivity index (χ4v) is 4.03. The molecule has 1 heterocycles. The van der Waals surface area contributed by atoms with Crippen molar-refractivity contribution in [2.75, 3.05) is 29.9 Å². The smallest absolute Gasteiger partial charge is 0.385 e. The summed E-state index contributed by atoms with van der Waals surface area (Å²) in [5, 5.41) is 7.74. The summed E-state index contributed by atoms with van der Waals surface area (Å²) in [5.41, 5.74) is -0.695. The van der Waals surface area contributed by atoms with Crippen LogP contribution in [-0.2, 0) is 16.2 Å². The standard InChI is InChI=1S/C18H18F5N3O2S/c19-15-3-2-13(8-16(15)20)26-6-5-11(10-26)9-25-12-1-4-17(29(24,27)28)14(7-12)18(21,22)23/h1-4,7-8,11,25H,5-6,9-10H2,(H2,24,27,28). The van der Waals surface area contributed by atoms with E-state index in [1.54, 1.807) is 0 Å². The van der Waals surface area contributed by atoms with Crippen LogP contribution in [0.25, 0.3) is 0 Å². The highest BCUT2D eigenvalue weighted by Crippen LogP contribution is 2.35. The predicted molar refractivity (Wildman–Crippen MR) is 98.0 cm³/mol. The van der Waals surface area contributed by atoms with Gasteiger partial charge in [-0.15, -0.1) is 0 Å². The summed E-state index contributed by atoms with van der Waals surface area (Å²) in [4.78, 5) is 0.876. The van der Waals surface area contributed by atoms with Crippen molar-refractivity contribution in [3.05, 3.63) is 53.6 Å². The Morgan fingerprint density at radius 1 is 1.10 bits per heavy atom. The quantitative estimate of drug-likeness (QED) is 0.705. The normalized spacial score (nSPS) is 17.6. The van der Waals surface area contributed by atoms with Gasteiger partial charge in [0.2, 0.25) is 10.0 Å². The molecule has 158 valence electrons. The van der Waals surface area contributed by atoms with Crippen LogP contribution in [0.4, 0.5) is 33.3 Å². The second kappa shape index (κ2) is 7.79. The number of sulfonamides is 1. The first-order valence-corrected chi connectivity index (χ1v) is 10.2. The Balaban J connectivity index is 1.68. The summed E-state index contributed by atoms with van der Waals surface area (Å²) in [7, 11) is -4.52. The van der Waals surface area contributed by atoms with Gasteiger partial charge in [-0.3, -0.25) is 0 Å². The number of primary sulfonamides is 1. The molecule has 0 bridgehead atoms. The lowest BCUT2D eigenvalue weighted by Crippen LogP contribution is -2.23. The van der Waals surface area contributed by atoms with Crippen LogP contribution in [0.5, 0.6) is 0 Å². The van der Waals surface area contributed by atoms with Crippen molar-refractivity contribution < 1.29 is 30.4 Å². The zero-order valence-electron chi connectivity index (χ0n) is 15.0. The van der Waals surface area contributed by atoms with Crippen molar-refractivity contribution in [1.29, 1.82) is 0 Å². The lowest BCUT2D eigenvalue weighted by Gasteiger charge is -2.19. The van der Waals surface area contributed by atoms with E-state index in [0.717, 1.165) is 18.2 Å². The van der Waals surface area contributed by atoms with Gasteiger partial charge in [0.05, 0.1) is 10.5 Å².